The fraction of sp³-hybridized carbons (Fsp3) is 0.260. The van der Waals surface area contributed by atoms with Gasteiger partial charge in [0.25, 0.3) is 0 Å². The lowest BCUT2D eigenvalue weighted by molar-refractivity contribution is 0.0991. The summed E-state index contributed by atoms with van der Waals surface area (Å²) in [5.41, 5.74) is 23.3. The first-order valence-electron chi connectivity index (χ1n) is 42.1. The van der Waals surface area contributed by atoms with E-state index in [1.54, 1.807) is 23.5 Å². The minimum atomic E-state index is -0.452. The van der Waals surface area contributed by atoms with Crippen LogP contribution in [0.1, 0.15) is 172 Å². The molecule has 22 rings (SSSR count). The number of halogens is 3. The Balaban J connectivity index is 0.000000109. The predicted molar refractivity (Wildman–Crippen MR) is 479 cm³/mol. The summed E-state index contributed by atoms with van der Waals surface area (Å²) in [5, 5.41) is 17.5. The number of thiazole rings is 1. The minimum Gasteiger partial charge on any atom is -0.377 e. The van der Waals surface area contributed by atoms with Crippen molar-refractivity contribution in [2.75, 3.05) is 114 Å². The van der Waals surface area contributed by atoms with E-state index in [2.05, 4.69) is 167 Å². The van der Waals surface area contributed by atoms with E-state index < -0.39 is 5.82 Å². The number of anilines is 4. The van der Waals surface area contributed by atoms with E-state index >= 15 is 0 Å². The van der Waals surface area contributed by atoms with Crippen molar-refractivity contribution in [2.45, 2.75) is 67.9 Å². The third kappa shape index (κ3) is 16.0. The molecule has 0 radical (unpaired) electrons. The van der Waals surface area contributed by atoms with Crippen molar-refractivity contribution in [2.24, 2.45) is 27.0 Å². The molecule has 23 heteroatoms. The van der Waals surface area contributed by atoms with Crippen LogP contribution >= 0.6 is 11.3 Å². The largest absolute Gasteiger partial charge is 0.377 e. The zero-order valence-electron chi connectivity index (χ0n) is 68.7. The number of carbonyl (C=O) groups excluding carboxylic acids is 4. The number of hydrogen-bond acceptors (Lipinski definition) is 19. The van der Waals surface area contributed by atoms with Crippen LogP contribution in [0.4, 0.5) is 35.9 Å². The van der Waals surface area contributed by atoms with Crippen molar-refractivity contribution in [1.29, 1.82) is 0 Å². The Bertz CT molecular complexity index is 6160. The number of carbonyl (C=O) groups is 4. The maximum Gasteiger partial charge on any atom is 0.185 e. The van der Waals surface area contributed by atoms with Gasteiger partial charge in [-0.2, -0.15) is 0 Å². The summed E-state index contributed by atoms with van der Waals surface area (Å²) < 4.78 is 44.1. The second-order valence-electron chi connectivity index (χ2n) is 33.3. The monoisotopic (exact) mass is 1660 g/mol. The molecular weight excluding hydrogens is 1560 g/mol. The summed E-state index contributed by atoms with van der Waals surface area (Å²) in [4.78, 5) is 87.6. The molecule has 10 aliphatic rings. The zero-order valence-corrected chi connectivity index (χ0v) is 69.5. The van der Waals surface area contributed by atoms with Gasteiger partial charge in [-0.3, -0.25) is 48.9 Å². The van der Waals surface area contributed by atoms with Crippen molar-refractivity contribution in [3.8, 4) is 0 Å². The second-order valence-corrected chi connectivity index (χ2v) is 34.2. The van der Waals surface area contributed by atoms with E-state index in [9.17, 15) is 32.3 Å². The van der Waals surface area contributed by atoms with Gasteiger partial charge in [-0.25, -0.2) is 23.1 Å². The Morgan fingerprint density at radius 1 is 0.366 bits per heavy atom. The summed E-state index contributed by atoms with van der Waals surface area (Å²) >= 11 is 1.64. The van der Waals surface area contributed by atoms with Crippen LogP contribution < -0.4 is 21.3 Å². The number of imidazole rings is 1. The van der Waals surface area contributed by atoms with Crippen LogP contribution in [0.2, 0.25) is 0 Å². The summed E-state index contributed by atoms with van der Waals surface area (Å²) in [7, 11) is 6.33. The number of hydrogen-bond donors (Lipinski definition) is 4. The summed E-state index contributed by atoms with van der Waals surface area (Å²) in [6.07, 6.45) is 5.60. The molecule has 0 amide bonds. The molecule has 0 aliphatic carbocycles. The molecule has 10 aromatic carbocycles. The predicted octanol–water partition coefficient (Wildman–Crippen LogP) is 16.9. The van der Waals surface area contributed by atoms with Crippen LogP contribution in [-0.4, -0.2) is 173 Å². The molecule has 0 bridgehead atoms. The van der Waals surface area contributed by atoms with Gasteiger partial charge in [0.1, 0.15) is 54.5 Å². The average molecular weight is 1660 g/mol. The lowest BCUT2D eigenvalue weighted by Crippen LogP contribution is -2.43. The van der Waals surface area contributed by atoms with E-state index in [0.717, 1.165) is 166 Å². The van der Waals surface area contributed by atoms with Crippen LogP contribution in [0.25, 0.3) is 0 Å². The summed E-state index contributed by atoms with van der Waals surface area (Å²) in [5.74, 6) is -0.506. The van der Waals surface area contributed by atoms with E-state index in [0.29, 0.717) is 22.4 Å². The number of ketones is 4. The van der Waals surface area contributed by atoms with Crippen LogP contribution in [-0.2, 0) is 20.1 Å². The maximum atomic E-state index is 14.5. The third-order valence-electron chi connectivity index (χ3n) is 25.4. The van der Waals surface area contributed by atoms with Crippen LogP contribution in [0.3, 0.4) is 0 Å². The third-order valence-corrected chi connectivity index (χ3v) is 26.3. The highest BCUT2D eigenvalue weighted by Crippen LogP contribution is 2.51. The average Bonchev–Trinajstić information content (AvgIpc) is 1.75. The van der Waals surface area contributed by atoms with Crippen molar-refractivity contribution >= 4 is 80.1 Å². The number of likely N-dealkylation sites (N-methyl/N-ethyl adjacent to an activating group) is 2. The number of piperazine rings is 2. The Kier molecular flexibility index (Phi) is 22.3. The summed E-state index contributed by atoms with van der Waals surface area (Å²) in [6.45, 7) is 13.2. The number of benzene rings is 10. The second kappa shape index (κ2) is 34.3. The lowest BCUT2D eigenvalue weighted by Gasteiger charge is -2.39. The maximum absolute atomic E-state index is 14.5. The van der Waals surface area contributed by atoms with E-state index in [1.807, 2.05) is 121 Å². The van der Waals surface area contributed by atoms with Crippen molar-refractivity contribution in [3.63, 3.8) is 0 Å². The van der Waals surface area contributed by atoms with E-state index in [4.69, 9.17) is 9.98 Å². The number of rotatable bonds is 12. The Morgan fingerprint density at radius 3 is 1.18 bits per heavy atom. The standard InChI is InChI=1S/C29H28F2N4O.C29H29FN4O.C22H20N4O.C20H15N3OS/c1-34-10-12-35(13-11-34)17-18-2-4-20(5-3-18)28-26(19-6-8-21(30)9-7-19)29-27-23(25(36)16-32-29)14-22(31)15-24(27)33-28;1-33-13-15-34(16-14-33)18-19-5-7-21(8-6-19)28-26(20-9-11-22(30)12-10-20)29-27-23(25(35)17-31-29)3-2-4-24(27)32-28;1-13-6-8-14(9-7-13)20-19(22-23-10-11-26(22)2)21-18-15(17(27)12-24-21)4-3-5-16(18)25-20;24-15-11-22-19-16-13(15)7-4-8-14(16)23-18(12-5-2-1-3-6-12)17(19)20-21-9-10-25-20/h2-9,14-15,26,28,33H,10-13,16-17H2,1H3;2-12,26,28,32H,13-18H2,1H3;3-11,19-20,25H,12H2,1-2H3;1-10,17-18,23H,11H2. The van der Waals surface area contributed by atoms with Crippen LogP contribution in [0, 0.1) is 24.4 Å². The van der Waals surface area contributed by atoms with Gasteiger partial charge in [0, 0.05) is 164 Å². The van der Waals surface area contributed by atoms with Crippen molar-refractivity contribution in [3.05, 3.63) is 365 Å². The van der Waals surface area contributed by atoms with Crippen LogP contribution in [0.5, 0.6) is 0 Å². The number of nitrogens with zero attached hydrogens (tertiary/aromatic N) is 11. The Morgan fingerprint density at radius 2 is 0.748 bits per heavy atom. The molecule has 0 spiro atoms. The number of aliphatic imine (C=N–C) groups is 4. The van der Waals surface area contributed by atoms with Gasteiger partial charge in [-0.15, -0.1) is 11.3 Å². The highest BCUT2D eigenvalue weighted by molar-refractivity contribution is 7.09. The molecule has 19 nitrogen and oxygen atoms in total. The topological polar surface area (TPSA) is 210 Å². The minimum absolute atomic E-state index is 0.00130. The van der Waals surface area contributed by atoms with Gasteiger partial charge < -0.3 is 35.6 Å². The lowest BCUT2D eigenvalue weighted by atomic mass is 9.75. The highest BCUT2D eigenvalue weighted by Gasteiger charge is 2.46. The Labute approximate surface area is 716 Å². The van der Waals surface area contributed by atoms with Gasteiger partial charge in [0.2, 0.25) is 0 Å². The molecule has 12 aromatic rings. The molecule has 8 atom stereocenters. The van der Waals surface area contributed by atoms with Crippen LogP contribution in [0.15, 0.2) is 262 Å². The highest BCUT2D eigenvalue weighted by atomic mass is 32.1. The number of aryl methyl sites for hydroxylation is 2. The number of aromatic nitrogens is 3. The SMILES string of the molecule is CN1CCN(Cc2ccc(C3Nc4cc(F)cc5c4C(=NCC5=O)C3c3ccc(F)cc3)cc2)CC1.CN1CCN(Cc2ccc(C3Nc4cccc5c4C(=NCC5=O)C3c3ccc(F)cc3)cc2)CC1.Cc1ccc(C2Nc3cccc4c3C(=NCC4=O)C2c2nccn2C)cc1.O=C1CN=C2c3c(cccc31)NC(c1ccccc1)C2c1nccs1. The normalized spacial score (nSPS) is 21.7. The molecule has 2 saturated heterocycles. The molecule has 2 aromatic heterocycles. The quantitative estimate of drug-likeness (QED) is 0.0897. The first-order valence-corrected chi connectivity index (χ1v) is 43.0. The first-order chi connectivity index (χ1) is 60.0. The molecule has 4 N–H and O–H groups in total. The Hall–Kier alpha value is -12.8. The fourth-order valence-electron chi connectivity index (χ4n) is 19.1. The van der Waals surface area contributed by atoms with Gasteiger partial charge in [-0.05, 0) is 120 Å². The first kappa shape index (κ1) is 80.0. The molecule has 123 heavy (non-hydrogen) atoms. The van der Waals surface area contributed by atoms with Gasteiger partial charge in [-0.1, -0.05) is 169 Å². The van der Waals surface area contributed by atoms with E-state index in [1.165, 1.54) is 64.2 Å². The fourth-order valence-corrected chi connectivity index (χ4v) is 19.8. The smallest absolute Gasteiger partial charge is 0.185 e. The zero-order chi connectivity index (χ0) is 84.1. The molecule has 0 saturated carbocycles. The van der Waals surface area contributed by atoms with Gasteiger partial charge >= 0.3 is 0 Å². The molecule has 10 aliphatic heterocycles. The number of Topliss-reactive ketones (excluding diaryl/α,β-unsaturated/α-hetero) is 4. The molecule has 2 fully saturated rings. The molecule has 8 unspecified atom stereocenters. The van der Waals surface area contributed by atoms with Gasteiger partial charge in [0.15, 0.2) is 23.1 Å². The molecular formula is C100H92F3N15O4S. The van der Waals surface area contributed by atoms with Crippen molar-refractivity contribution < 1.29 is 32.3 Å². The van der Waals surface area contributed by atoms with E-state index in [-0.39, 0.29) is 109 Å². The summed E-state index contributed by atoms with van der Waals surface area (Å²) in [6, 6.07) is 69.4. The molecule has 618 valence electrons. The van der Waals surface area contributed by atoms with Crippen molar-refractivity contribution in [1.82, 2.24) is 34.1 Å². The number of nitrogens with one attached hydrogen (secondary N) is 4. The van der Waals surface area contributed by atoms with Gasteiger partial charge in [0.05, 0.1) is 70.7 Å². The molecule has 12 heterocycles.